The number of para-hydroxylation sites is 1. The Hall–Kier alpha value is -3.21. The minimum atomic E-state index is -0.375. The van der Waals surface area contributed by atoms with Crippen LogP contribution in [-0.2, 0) is 11.3 Å². The summed E-state index contributed by atoms with van der Waals surface area (Å²) in [5, 5.41) is 9.50. The van der Waals surface area contributed by atoms with Crippen LogP contribution in [0.5, 0.6) is 11.6 Å². The number of hydrogen-bond acceptors (Lipinski definition) is 4. The third-order valence-corrected chi connectivity index (χ3v) is 5.23. The standard InChI is InChI=1S/C25H26FN5O2.HI/c1-2-27-25(30-16-18-13-23(32)31-22-11-4-3-10-21(18)22)29-15-17-7-6-12-28-24(17)33-20-9-5-8-19(26)14-20;/h3-12,14,18H,2,13,15-16H2,1H3,(H,31,32)(H2,27,29,30);1H. The zero-order chi connectivity index (χ0) is 23.0. The molecule has 0 bridgehead atoms. The number of nitrogens with zero attached hydrogens (tertiary/aromatic N) is 2. The first-order valence-electron chi connectivity index (χ1n) is 10.9. The Balaban J connectivity index is 0.00000324. The van der Waals surface area contributed by atoms with E-state index in [2.05, 4.69) is 25.9 Å². The smallest absolute Gasteiger partial charge is 0.225 e. The third kappa shape index (κ3) is 6.66. The molecule has 1 aromatic heterocycles. The average Bonchev–Trinajstić information content (AvgIpc) is 2.81. The van der Waals surface area contributed by atoms with Gasteiger partial charge in [-0.25, -0.2) is 14.4 Å². The zero-order valence-electron chi connectivity index (χ0n) is 18.8. The summed E-state index contributed by atoms with van der Waals surface area (Å²) in [4.78, 5) is 21.0. The molecule has 1 aliphatic heterocycles. The Labute approximate surface area is 215 Å². The number of nitrogens with one attached hydrogen (secondary N) is 3. The van der Waals surface area contributed by atoms with Crippen molar-refractivity contribution in [2.45, 2.75) is 25.8 Å². The quantitative estimate of drug-likeness (QED) is 0.214. The highest BCUT2D eigenvalue weighted by Gasteiger charge is 2.24. The summed E-state index contributed by atoms with van der Waals surface area (Å²) in [6.45, 7) is 3.56. The van der Waals surface area contributed by atoms with E-state index in [4.69, 9.17) is 4.74 Å². The van der Waals surface area contributed by atoms with Gasteiger partial charge >= 0.3 is 0 Å². The number of guanidine groups is 1. The largest absolute Gasteiger partial charge is 0.439 e. The number of halogens is 2. The number of benzene rings is 2. The van der Waals surface area contributed by atoms with Crippen LogP contribution in [-0.4, -0.2) is 29.9 Å². The van der Waals surface area contributed by atoms with E-state index in [0.717, 1.165) is 16.8 Å². The highest BCUT2D eigenvalue weighted by molar-refractivity contribution is 14.0. The molecule has 3 aromatic rings. The van der Waals surface area contributed by atoms with Crippen molar-refractivity contribution in [3.8, 4) is 11.6 Å². The monoisotopic (exact) mass is 575 g/mol. The number of hydrogen-bond donors (Lipinski definition) is 3. The molecule has 1 amide bonds. The first-order valence-corrected chi connectivity index (χ1v) is 10.9. The molecule has 2 heterocycles. The number of carbonyl (C=O) groups is 1. The Morgan fingerprint density at radius 1 is 1.18 bits per heavy atom. The number of pyridine rings is 1. The van der Waals surface area contributed by atoms with E-state index in [1.807, 2.05) is 37.3 Å². The van der Waals surface area contributed by atoms with E-state index in [1.54, 1.807) is 24.4 Å². The predicted molar refractivity (Wildman–Crippen MR) is 141 cm³/mol. The van der Waals surface area contributed by atoms with Gasteiger partial charge in [0.15, 0.2) is 5.96 Å². The summed E-state index contributed by atoms with van der Waals surface area (Å²) in [7, 11) is 0. The fourth-order valence-corrected chi connectivity index (χ4v) is 3.69. The molecular weight excluding hydrogens is 548 g/mol. The van der Waals surface area contributed by atoms with Gasteiger partial charge in [-0.3, -0.25) is 4.79 Å². The van der Waals surface area contributed by atoms with Crippen molar-refractivity contribution in [3.63, 3.8) is 0 Å². The highest BCUT2D eigenvalue weighted by Crippen LogP contribution is 2.31. The second kappa shape index (κ2) is 12.3. The molecule has 3 N–H and O–H groups in total. The Kier molecular flexibility index (Phi) is 9.20. The molecule has 2 aromatic carbocycles. The molecule has 0 saturated heterocycles. The first-order chi connectivity index (χ1) is 16.1. The molecule has 7 nitrogen and oxygen atoms in total. The molecule has 0 saturated carbocycles. The van der Waals surface area contributed by atoms with Crippen LogP contribution in [0.15, 0.2) is 71.9 Å². The minimum absolute atomic E-state index is 0. The maximum Gasteiger partial charge on any atom is 0.225 e. The topological polar surface area (TPSA) is 87.6 Å². The van der Waals surface area contributed by atoms with Crippen molar-refractivity contribution in [2.75, 3.05) is 18.4 Å². The van der Waals surface area contributed by atoms with Crippen LogP contribution in [0.25, 0.3) is 0 Å². The van der Waals surface area contributed by atoms with E-state index >= 15 is 0 Å². The fourth-order valence-electron chi connectivity index (χ4n) is 3.69. The molecule has 178 valence electrons. The number of anilines is 1. The Bertz CT molecular complexity index is 1160. The van der Waals surface area contributed by atoms with Gasteiger partial charge < -0.3 is 20.7 Å². The van der Waals surface area contributed by atoms with Gasteiger partial charge in [-0.05, 0) is 36.8 Å². The zero-order valence-corrected chi connectivity index (χ0v) is 21.1. The summed E-state index contributed by atoms with van der Waals surface area (Å²) >= 11 is 0. The normalized spacial score (nSPS) is 14.9. The van der Waals surface area contributed by atoms with E-state index < -0.39 is 0 Å². The summed E-state index contributed by atoms with van der Waals surface area (Å²) in [6.07, 6.45) is 2.04. The van der Waals surface area contributed by atoms with Crippen LogP contribution in [0.1, 0.15) is 30.4 Å². The van der Waals surface area contributed by atoms with Gasteiger partial charge in [0.25, 0.3) is 0 Å². The van der Waals surface area contributed by atoms with Gasteiger partial charge in [-0.2, -0.15) is 0 Å². The van der Waals surface area contributed by atoms with Crippen molar-refractivity contribution >= 4 is 41.5 Å². The summed E-state index contributed by atoms with van der Waals surface area (Å²) < 4.78 is 19.3. The third-order valence-electron chi connectivity index (χ3n) is 5.23. The van der Waals surface area contributed by atoms with E-state index in [9.17, 15) is 9.18 Å². The SMILES string of the molecule is CCNC(=NCc1cccnc1Oc1cccc(F)c1)NCC1CC(=O)Nc2ccccc21.I. The molecule has 0 fully saturated rings. The van der Waals surface area contributed by atoms with E-state index in [-0.39, 0.29) is 41.6 Å². The maximum atomic E-state index is 13.5. The van der Waals surface area contributed by atoms with Gasteiger partial charge in [0, 0.05) is 48.9 Å². The van der Waals surface area contributed by atoms with Crippen LogP contribution in [0, 0.1) is 5.82 Å². The predicted octanol–water partition coefficient (Wildman–Crippen LogP) is 4.81. The van der Waals surface area contributed by atoms with E-state index in [1.165, 1.54) is 12.1 Å². The van der Waals surface area contributed by atoms with Gasteiger partial charge in [-0.1, -0.05) is 30.3 Å². The highest BCUT2D eigenvalue weighted by atomic mass is 127. The van der Waals surface area contributed by atoms with Crippen molar-refractivity contribution in [1.29, 1.82) is 0 Å². The molecule has 4 rings (SSSR count). The molecular formula is C25H27FIN5O2. The lowest BCUT2D eigenvalue weighted by Crippen LogP contribution is -2.40. The molecule has 0 spiro atoms. The van der Waals surface area contributed by atoms with Crippen LogP contribution < -0.4 is 20.7 Å². The van der Waals surface area contributed by atoms with Gasteiger partial charge in [-0.15, -0.1) is 24.0 Å². The summed E-state index contributed by atoms with van der Waals surface area (Å²) in [6, 6.07) is 17.5. The summed E-state index contributed by atoms with van der Waals surface area (Å²) in [5.74, 6) is 1.06. The second-order valence-electron chi connectivity index (χ2n) is 7.64. The van der Waals surface area contributed by atoms with Gasteiger partial charge in [0.1, 0.15) is 11.6 Å². The molecule has 1 atom stereocenters. The fraction of sp³-hybridized carbons (Fsp3) is 0.240. The van der Waals surface area contributed by atoms with Crippen molar-refractivity contribution in [3.05, 3.63) is 83.8 Å². The van der Waals surface area contributed by atoms with E-state index in [0.29, 0.717) is 43.6 Å². The van der Waals surface area contributed by atoms with Crippen molar-refractivity contribution in [2.24, 2.45) is 4.99 Å². The van der Waals surface area contributed by atoms with Crippen LogP contribution in [0.2, 0.25) is 0 Å². The van der Waals surface area contributed by atoms with Crippen LogP contribution in [0.3, 0.4) is 0 Å². The molecule has 0 radical (unpaired) electrons. The molecule has 1 aliphatic rings. The Morgan fingerprint density at radius 2 is 2.03 bits per heavy atom. The maximum absolute atomic E-state index is 13.5. The Morgan fingerprint density at radius 3 is 2.85 bits per heavy atom. The number of fused-ring (bicyclic) bond motifs is 1. The molecule has 1 unspecified atom stereocenters. The second-order valence-corrected chi connectivity index (χ2v) is 7.64. The van der Waals surface area contributed by atoms with Crippen LogP contribution in [0.4, 0.5) is 10.1 Å². The number of aliphatic imine (C=N–C) groups is 1. The lowest BCUT2D eigenvalue weighted by Gasteiger charge is -2.26. The number of ether oxygens (including phenoxy) is 1. The van der Waals surface area contributed by atoms with Crippen molar-refractivity contribution < 1.29 is 13.9 Å². The first kappa shape index (κ1) is 25.4. The number of carbonyl (C=O) groups excluding carboxylic acids is 1. The van der Waals surface area contributed by atoms with Crippen LogP contribution >= 0.6 is 24.0 Å². The minimum Gasteiger partial charge on any atom is -0.439 e. The number of rotatable bonds is 7. The van der Waals surface area contributed by atoms with Gasteiger partial charge in [0.2, 0.25) is 11.8 Å². The van der Waals surface area contributed by atoms with Gasteiger partial charge in [0.05, 0.1) is 6.54 Å². The number of aromatic nitrogens is 1. The lowest BCUT2D eigenvalue weighted by molar-refractivity contribution is -0.116. The molecule has 34 heavy (non-hydrogen) atoms. The lowest BCUT2D eigenvalue weighted by atomic mass is 9.90. The molecule has 9 heteroatoms. The van der Waals surface area contributed by atoms with Crippen molar-refractivity contribution in [1.82, 2.24) is 15.6 Å². The number of amides is 1. The summed E-state index contributed by atoms with van der Waals surface area (Å²) in [5.41, 5.74) is 2.73. The average molecular weight is 575 g/mol. The molecule has 0 aliphatic carbocycles.